The summed E-state index contributed by atoms with van der Waals surface area (Å²) in [7, 11) is 0. The number of aliphatic carboxylic acids is 1. The summed E-state index contributed by atoms with van der Waals surface area (Å²) < 4.78 is 30.1. The van der Waals surface area contributed by atoms with Crippen LogP contribution in [0.4, 0.5) is 9.18 Å². The van der Waals surface area contributed by atoms with E-state index in [1.807, 2.05) is 0 Å². The van der Waals surface area contributed by atoms with Crippen molar-refractivity contribution in [2.45, 2.75) is 75.5 Å². The molecule has 0 spiro atoms. The van der Waals surface area contributed by atoms with Crippen LogP contribution in [-0.2, 0) is 23.8 Å². The van der Waals surface area contributed by atoms with Crippen LogP contribution in [0, 0.1) is 35.5 Å². The molecule has 6 saturated carbocycles. The number of nitrogens with two attached hydrogens (primary N) is 1. The molecule has 0 heterocycles. The Hall–Kier alpha value is -1.90. The number of fused-ring (bicyclic) bond motifs is 1. The van der Waals surface area contributed by atoms with Gasteiger partial charge >= 0.3 is 18.1 Å². The summed E-state index contributed by atoms with van der Waals surface area (Å²) in [5, 5.41) is 9.29. The van der Waals surface area contributed by atoms with Gasteiger partial charge in [0.25, 0.3) is 0 Å². The summed E-state index contributed by atoms with van der Waals surface area (Å²) in [6.45, 7) is 1.40. The van der Waals surface area contributed by atoms with Crippen LogP contribution in [0.1, 0.15) is 51.9 Å². The average Bonchev–Trinajstić information content (AvgIpc) is 3.25. The lowest BCUT2D eigenvalue weighted by Gasteiger charge is -2.55. The van der Waals surface area contributed by atoms with Gasteiger partial charge in [0.2, 0.25) is 6.29 Å². The Balaban J connectivity index is 1.14. The molecule has 6 fully saturated rings. The van der Waals surface area contributed by atoms with E-state index in [0.717, 1.165) is 19.3 Å². The number of ether oxygens (including phenoxy) is 3. The van der Waals surface area contributed by atoms with Crippen molar-refractivity contribution in [3.05, 3.63) is 0 Å². The molecule has 0 aromatic rings. The van der Waals surface area contributed by atoms with Crippen LogP contribution < -0.4 is 5.73 Å². The topological polar surface area (TPSA) is 125 Å². The maximum absolute atomic E-state index is 14.0. The summed E-state index contributed by atoms with van der Waals surface area (Å²) >= 11 is 0. The van der Waals surface area contributed by atoms with Crippen LogP contribution in [0.2, 0.25) is 0 Å². The van der Waals surface area contributed by atoms with Crippen molar-refractivity contribution in [2.75, 3.05) is 0 Å². The van der Waals surface area contributed by atoms with Crippen molar-refractivity contribution in [1.29, 1.82) is 0 Å². The zero-order valence-electron chi connectivity index (χ0n) is 16.9. The van der Waals surface area contributed by atoms with Crippen molar-refractivity contribution in [3.8, 4) is 0 Å². The smallest absolute Gasteiger partial charge is 0.480 e. The minimum atomic E-state index is -2.07. The third-order valence-corrected chi connectivity index (χ3v) is 8.19. The molecule has 0 saturated heterocycles. The van der Waals surface area contributed by atoms with E-state index in [2.05, 4.69) is 0 Å². The highest BCUT2D eigenvalue weighted by Crippen LogP contribution is 2.63. The van der Waals surface area contributed by atoms with Gasteiger partial charge in [-0.1, -0.05) is 0 Å². The highest BCUT2D eigenvalue weighted by Gasteiger charge is 2.75. The lowest BCUT2D eigenvalue weighted by atomic mass is 9.54. The summed E-state index contributed by atoms with van der Waals surface area (Å²) in [6.07, 6.45) is 2.43. The van der Waals surface area contributed by atoms with Gasteiger partial charge in [0.1, 0.15) is 17.3 Å². The molecule has 6 aliphatic rings. The van der Waals surface area contributed by atoms with Gasteiger partial charge in [-0.2, -0.15) is 0 Å². The number of carbonyl (C=O) groups excluding carboxylic acids is 2. The Morgan fingerprint density at radius 3 is 2.13 bits per heavy atom. The van der Waals surface area contributed by atoms with Gasteiger partial charge in [0, 0.05) is 12.8 Å². The molecule has 3 N–H and O–H groups in total. The van der Waals surface area contributed by atoms with Gasteiger partial charge < -0.3 is 25.1 Å². The number of hydrogen-bond donors (Lipinski definition) is 2. The Kier molecular flexibility index (Phi) is 4.37. The predicted octanol–water partition coefficient (Wildman–Crippen LogP) is 2.38. The van der Waals surface area contributed by atoms with Crippen LogP contribution in [-0.4, -0.2) is 46.8 Å². The standard InChI is InChI=1S/C21H28FNO7/c1-9(28-17(24)15-13-5-14(22)21(23,16(13)15)18(25)26)29-19(27)30-20-6-10-2-11(7-20)4-12(3-10)8-20/h9-16H,2-8,23H2,1H3,(H,25,26)/t9?,10?,11?,12?,13-,14-,15-,16-,20?,21-/m0/s1. The number of carbonyl (C=O) groups is 3. The second-order valence-electron chi connectivity index (χ2n) is 10.2. The molecule has 9 heteroatoms. The van der Waals surface area contributed by atoms with E-state index < -0.39 is 59.4 Å². The molecular formula is C21H28FNO7. The first-order valence-corrected chi connectivity index (χ1v) is 10.9. The first-order chi connectivity index (χ1) is 14.1. The molecule has 8 nitrogen and oxygen atoms in total. The molecule has 6 atom stereocenters. The predicted molar refractivity (Wildman–Crippen MR) is 98.6 cm³/mol. The van der Waals surface area contributed by atoms with Crippen LogP contribution in [0.3, 0.4) is 0 Å². The van der Waals surface area contributed by atoms with E-state index in [9.17, 15) is 23.9 Å². The lowest BCUT2D eigenvalue weighted by Crippen LogP contribution is -2.56. The maximum atomic E-state index is 14.0. The zero-order valence-corrected chi connectivity index (χ0v) is 16.9. The SMILES string of the molecule is CC(OC(=O)OC12CC3CC(CC(C3)C1)C2)OC(=O)[C@H]1[C@@H]2C[C@H](F)[C@@](N)(C(=O)O)[C@@H]21. The highest BCUT2D eigenvalue weighted by molar-refractivity contribution is 5.86. The van der Waals surface area contributed by atoms with E-state index in [0.29, 0.717) is 17.8 Å². The molecule has 0 amide bonds. The molecule has 0 radical (unpaired) electrons. The average molecular weight is 425 g/mol. The second-order valence-corrected chi connectivity index (χ2v) is 10.2. The Morgan fingerprint density at radius 2 is 1.60 bits per heavy atom. The molecule has 0 aliphatic heterocycles. The molecule has 166 valence electrons. The van der Waals surface area contributed by atoms with E-state index in [4.69, 9.17) is 19.9 Å². The van der Waals surface area contributed by atoms with E-state index >= 15 is 0 Å². The fourth-order valence-corrected chi connectivity index (χ4v) is 7.32. The number of halogens is 1. The maximum Gasteiger partial charge on any atom is 0.511 e. The van der Waals surface area contributed by atoms with Crippen molar-refractivity contribution >= 4 is 18.1 Å². The Bertz CT molecular complexity index is 752. The summed E-state index contributed by atoms with van der Waals surface area (Å²) in [6, 6.07) is 0. The van der Waals surface area contributed by atoms with E-state index in [1.54, 1.807) is 0 Å². The number of carboxylic acid groups (broad SMARTS) is 1. The fraction of sp³-hybridized carbons (Fsp3) is 0.857. The number of carboxylic acids is 1. The van der Waals surface area contributed by atoms with Crippen molar-refractivity contribution in [1.82, 2.24) is 0 Å². The number of alkyl halides is 1. The largest absolute Gasteiger partial charge is 0.511 e. The molecule has 6 rings (SSSR count). The summed E-state index contributed by atoms with van der Waals surface area (Å²) in [5.41, 5.74) is 3.22. The first-order valence-electron chi connectivity index (χ1n) is 10.9. The van der Waals surface area contributed by atoms with Crippen molar-refractivity contribution in [3.63, 3.8) is 0 Å². The number of esters is 1. The third-order valence-electron chi connectivity index (χ3n) is 8.19. The lowest BCUT2D eigenvalue weighted by molar-refractivity contribution is -0.182. The van der Waals surface area contributed by atoms with Gasteiger partial charge in [-0.05, 0) is 68.6 Å². The van der Waals surface area contributed by atoms with Gasteiger partial charge in [-0.25, -0.2) is 9.18 Å². The summed E-state index contributed by atoms with van der Waals surface area (Å²) in [4.78, 5) is 36.2. The van der Waals surface area contributed by atoms with Crippen LogP contribution in [0.25, 0.3) is 0 Å². The van der Waals surface area contributed by atoms with Crippen molar-refractivity contribution in [2.24, 2.45) is 41.2 Å². The van der Waals surface area contributed by atoms with Crippen molar-refractivity contribution < 1.29 is 38.1 Å². The van der Waals surface area contributed by atoms with Gasteiger partial charge in [0.05, 0.1) is 5.92 Å². The molecule has 0 aromatic heterocycles. The quantitative estimate of drug-likeness (QED) is 0.508. The van der Waals surface area contributed by atoms with Gasteiger partial charge in [-0.15, -0.1) is 0 Å². The summed E-state index contributed by atoms with van der Waals surface area (Å²) in [5.74, 6) is -2.40. The van der Waals surface area contributed by atoms with Crippen LogP contribution in [0.5, 0.6) is 0 Å². The highest BCUT2D eigenvalue weighted by atomic mass is 19.1. The van der Waals surface area contributed by atoms with Crippen LogP contribution in [0.15, 0.2) is 0 Å². The second kappa shape index (κ2) is 6.55. The fourth-order valence-electron chi connectivity index (χ4n) is 7.32. The number of hydrogen-bond acceptors (Lipinski definition) is 7. The zero-order chi connectivity index (χ0) is 21.4. The molecule has 6 aliphatic carbocycles. The molecule has 4 bridgehead atoms. The molecule has 0 aromatic carbocycles. The third kappa shape index (κ3) is 2.99. The number of rotatable bonds is 5. The van der Waals surface area contributed by atoms with Crippen LogP contribution >= 0.6 is 0 Å². The molecule has 1 unspecified atom stereocenters. The first kappa shape index (κ1) is 20.0. The molecular weight excluding hydrogens is 397 g/mol. The van der Waals surface area contributed by atoms with Gasteiger partial charge in [-0.3, -0.25) is 9.59 Å². The van der Waals surface area contributed by atoms with E-state index in [-0.39, 0.29) is 6.42 Å². The van der Waals surface area contributed by atoms with Gasteiger partial charge in [0.15, 0.2) is 0 Å². The molecule has 30 heavy (non-hydrogen) atoms. The Morgan fingerprint density at radius 1 is 1.03 bits per heavy atom. The monoisotopic (exact) mass is 425 g/mol. The van der Waals surface area contributed by atoms with E-state index in [1.165, 1.54) is 26.2 Å². The minimum Gasteiger partial charge on any atom is -0.480 e. The Labute approximate surface area is 173 Å². The minimum absolute atomic E-state index is 0.0868. The normalized spacial score (nSPS) is 48.6.